The summed E-state index contributed by atoms with van der Waals surface area (Å²) in [6.45, 7) is 3.20. The average molecular weight is 322 g/mol. The molecule has 0 heterocycles. The Hall–Kier alpha value is -1.10. The molecule has 3 saturated carbocycles. The van der Waals surface area contributed by atoms with Gasteiger partial charge in [-0.15, -0.1) is 0 Å². The molecule has 0 spiro atoms. The highest BCUT2D eigenvalue weighted by molar-refractivity contribution is 5.83. The lowest BCUT2D eigenvalue weighted by atomic mass is 9.65. The first-order valence-electron chi connectivity index (χ1n) is 9.29. The molecule has 1 amide bonds. The van der Waals surface area contributed by atoms with Gasteiger partial charge in [0.15, 0.2) is 0 Å². The second-order valence-corrected chi connectivity index (χ2v) is 7.95. The molecule has 0 aliphatic heterocycles. The molecule has 0 aromatic rings. The van der Waals surface area contributed by atoms with Gasteiger partial charge in [0.2, 0.25) is 5.91 Å². The summed E-state index contributed by atoms with van der Waals surface area (Å²) in [6, 6.07) is 0.581. The smallest absolute Gasteiger partial charge is 0.317 e. The largest absolute Gasteiger partial charge is 0.480 e. The summed E-state index contributed by atoms with van der Waals surface area (Å²) in [5.74, 6) is 0.210. The standard InChI is InChI=1S/C18H30N2O3/c1-2-6-18(7-3-8-18)17(23)19-14-9-15(10-14)20(12-16(21)22)11-13-4-5-13/h13-15H,2-12H2,1H3,(H,19,23)(H,21,22). The minimum absolute atomic E-state index is 0.0887. The number of carboxylic acid groups (broad SMARTS) is 1. The fourth-order valence-electron chi connectivity index (χ4n) is 4.16. The first kappa shape index (κ1) is 16.7. The van der Waals surface area contributed by atoms with Crippen LogP contribution in [0.3, 0.4) is 0 Å². The Morgan fingerprint density at radius 1 is 1.26 bits per heavy atom. The van der Waals surface area contributed by atoms with Gasteiger partial charge in [0, 0.05) is 24.0 Å². The number of hydrogen-bond donors (Lipinski definition) is 2. The molecule has 0 radical (unpaired) electrons. The molecule has 3 aliphatic rings. The van der Waals surface area contributed by atoms with Crippen molar-refractivity contribution in [2.75, 3.05) is 13.1 Å². The molecule has 130 valence electrons. The van der Waals surface area contributed by atoms with Crippen LogP contribution < -0.4 is 5.32 Å². The molecular formula is C18H30N2O3. The van der Waals surface area contributed by atoms with Crippen molar-refractivity contribution < 1.29 is 14.7 Å². The highest BCUT2D eigenvalue weighted by atomic mass is 16.4. The van der Waals surface area contributed by atoms with E-state index in [2.05, 4.69) is 17.1 Å². The lowest BCUT2D eigenvalue weighted by Crippen LogP contribution is -2.58. The Labute approximate surface area is 138 Å². The molecule has 0 atom stereocenters. The third-order valence-corrected chi connectivity index (χ3v) is 6.01. The second kappa shape index (κ2) is 6.80. The lowest BCUT2D eigenvalue weighted by Gasteiger charge is -2.46. The van der Waals surface area contributed by atoms with Crippen molar-refractivity contribution in [1.29, 1.82) is 0 Å². The van der Waals surface area contributed by atoms with Crippen molar-refractivity contribution in [3.8, 4) is 0 Å². The van der Waals surface area contributed by atoms with Gasteiger partial charge in [0.05, 0.1) is 6.54 Å². The number of carbonyl (C=O) groups excluding carboxylic acids is 1. The van der Waals surface area contributed by atoms with Crippen LogP contribution in [-0.4, -0.2) is 47.1 Å². The molecule has 0 saturated heterocycles. The van der Waals surface area contributed by atoms with Gasteiger partial charge < -0.3 is 10.4 Å². The van der Waals surface area contributed by atoms with Gasteiger partial charge in [-0.1, -0.05) is 19.8 Å². The molecule has 0 aromatic carbocycles. The van der Waals surface area contributed by atoms with Crippen LogP contribution in [0.15, 0.2) is 0 Å². The van der Waals surface area contributed by atoms with E-state index in [1.165, 1.54) is 19.3 Å². The molecule has 3 aliphatic carbocycles. The predicted molar refractivity (Wildman–Crippen MR) is 88.1 cm³/mol. The van der Waals surface area contributed by atoms with Gasteiger partial charge in [-0.2, -0.15) is 0 Å². The van der Waals surface area contributed by atoms with Gasteiger partial charge in [-0.25, -0.2) is 0 Å². The topological polar surface area (TPSA) is 69.6 Å². The van der Waals surface area contributed by atoms with E-state index in [1.807, 2.05) is 0 Å². The number of carboxylic acids is 1. The summed E-state index contributed by atoms with van der Waals surface area (Å²) in [5, 5.41) is 12.3. The van der Waals surface area contributed by atoms with E-state index in [0.717, 1.165) is 45.1 Å². The molecule has 0 unspecified atom stereocenters. The Morgan fingerprint density at radius 3 is 2.43 bits per heavy atom. The van der Waals surface area contributed by atoms with Crippen molar-refractivity contribution in [1.82, 2.24) is 10.2 Å². The number of hydrogen-bond acceptors (Lipinski definition) is 3. The summed E-state index contributed by atoms with van der Waals surface area (Å²) in [7, 11) is 0. The molecule has 2 N–H and O–H groups in total. The van der Waals surface area contributed by atoms with Crippen molar-refractivity contribution in [3.05, 3.63) is 0 Å². The Morgan fingerprint density at radius 2 is 1.96 bits per heavy atom. The van der Waals surface area contributed by atoms with Crippen LogP contribution in [-0.2, 0) is 9.59 Å². The van der Waals surface area contributed by atoms with E-state index in [9.17, 15) is 9.59 Å². The van der Waals surface area contributed by atoms with Gasteiger partial charge in [0.1, 0.15) is 0 Å². The summed E-state index contributed by atoms with van der Waals surface area (Å²) in [4.78, 5) is 25.7. The predicted octanol–water partition coefficient (Wildman–Crippen LogP) is 2.40. The van der Waals surface area contributed by atoms with Gasteiger partial charge >= 0.3 is 5.97 Å². The molecule has 0 aromatic heterocycles. The van der Waals surface area contributed by atoms with Crippen LogP contribution in [0.4, 0.5) is 0 Å². The Kier molecular flexibility index (Phi) is 4.95. The molecule has 23 heavy (non-hydrogen) atoms. The number of aliphatic carboxylic acids is 1. The third kappa shape index (κ3) is 3.87. The normalized spacial score (nSPS) is 28.8. The Balaban J connectivity index is 1.45. The van der Waals surface area contributed by atoms with Crippen LogP contribution >= 0.6 is 0 Å². The fourth-order valence-corrected chi connectivity index (χ4v) is 4.16. The first-order valence-corrected chi connectivity index (χ1v) is 9.29. The zero-order chi connectivity index (χ0) is 16.4. The maximum absolute atomic E-state index is 12.6. The SMILES string of the molecule is CCCC1(C(=O)NC2CC(N(CC(=O)O)CC3CC3)C2)CCC1. The molecule has 5 nitrogen and oxygen atoms in total. The fraction of sp³-hybridized carbons (Fsp3) is 0.889. The van der Waals surface area contributed by atoms with Crippen LogP contribution in [0, 0.1) is 11.3 Å². The van der Waals surface area contributed by atoms with Crippen LogP contribution in [0.25, 0.3) is 0 Å². The highest BCUT2D eigenvalue weighted by Gasteiger charge is 2.45. The van der Waals surface area contributed by atoms with Crippen molar-refractivity contribution >= 4 is 11.9 Å². The maximum atomic E-state index is 12.6. The number of carbonyl (C=O) groups is 2. The monoisotopic (exact) mass is 322 g/mol. The first-order chi connectivity index (χ1) is 11.0. The van der Waals surface area contributed by atoms with E-state index in [4.69, 9.17) is 5.11 Å². The van der Waals surface area contributed by atoms with Crippen LogP contribution in [0.1, 0.15) is 64.7 Å². The van der Waals surface area contributed by atoms with E-state index >= 15 is 0 Å². The van der Waals surface area contributed by atoms with Crippen molar-refractivity contribution in [3.63, 3.8) is 0 Å². The van der Waals surface area contributed by atoms with E-state index in [0.29, 0.717) is 12.0 Å². The summed E-state index contributed by atoms with van der Waals surface area (Å²) in [5.41, 5.74) is -0.0887. The number of nitrogens with one attached hydrogen (secondary N) is 1. The summed E-state index contributed by atoms with van der Waals surface area (Å²) < 4.78 is 0. The van der Waals surface area contributed by atoms with Crippen molar-refractivity contribution in [2.24, 2.45) is 11.3 Å². The molecular weight excluding hydrogens is 292 g/mol. The highest BCUT2D eigenvalue weighted by Crippen LogP contribution is 2.45. The van der Waals surface area contributed by atoms with E-state index in [-0.39, 0.29) is 23.9 Å². The van der Waals surface area contributed by atoms with Gasteiger partial charge in [-0.05, 0) is 50.9 Å². The number of nitrogens with zero attached hydrogens (tertiary/aromatic N) is 1. The summed E-state index contributed by atoms with van der Waals surface area (Å²) in [6.07, 6.45) is 9.61. The third-order valence-electron chi connectivity index (χ3n) is 6.01. The summed E-state index contributed by atoms with van der Waals surface area (Å²) >= 11 is 0. The lowest BCUT2D eigenvalue weighted by molar-refractivity contribution is -0.141. The Bertz CT molecular complexity index is 451. The number of amides is 1. The second-order valence-electron chi connectivity index (χ2n) is 7.95. The minimum atomic E-state index is -0.741. The molecule has 3 rings (SSSR count). The van der Waals surface area contributed by atoms with Gasteiger partial charge in [0.25, 0.3) is 0 Å². The molecule has 5 heteroatoms. The quantitative estimate of drug-likeness (QED) is 0.684. The zero-order valence-electron chi connectivity index (χ0n) is 14.2. The van der Waals surface area contributed by atoms with Crippen LogP contribution in [0.5, 0.6) is 0 Å². The average Bonchev–Trinajstić information content (AvgIpc) is 3.20. The van der Waals surface area contributed by atoms with E-state index < -0.39 is 5.97 Å². The molecule has 0 bridgehead atoms. The zero-order valence-corrected chi connectivity index (χ0v) is 14.2. The van der Waals surface area contributed by atoms with Gasteiger partial charge in [-0.3, -0.25) is 14.5 Å². The van der Waals surface area contributed by atoms with Crippen LogP contribution in [0.2, 0.25) is 0 Å². The number of rotatable bonds is 9. The maximum Gasteiger partial charge on any atom is 0.317 e. The minimum Gasteiger partial charge on any atom is -0.480 e. The van der Waals surface area contributed by atoms with E-state index in [1.54, 1.807) is 0 Å². The molecule has 3 fully saturated rings. The van der Waals surface area contributed by atoms with Crippen molar-refractivity contribution in [2.45, 2.75) is 76.8 Å².